The molecule has 3 rings (SSSR count). The molecule has 0 bridgehead atoms. The Kier molecular flexibility index (Phi) is 7.24. The summed E-state index contributed by atoms with van der Waals surface area (Å²) in [6.45, 7) is 3.79. The molecule has 1 fully saturated rings. The summed E-state index contributed by atoms with van der Waals surface area (Å²) < 4.78 is 5.20. The molecule has 5 nitrogen and oxygen atoms in total. The number of nitrogens with one attached hydrogen (secondary N) is 1. The molecule has 0 amide bonds. The van der Waals surface area contributed by atoms with Gasteiger partial charge < -0.3 is 15.2 Å². The highest BCUT2D eigenvalue weighted by Crippen LogP contribution is 2.22. The van der Waals surface area contributed by atoms with Gasteiger partial charge in [-0.15, -0.1) is 0 Å². The van der Waals surface area contributed by atoms with E-state index < -0.39 is 5.97 Å². The van der Waals surface area contributed by atoms with Crippen LogP contribution in [0.3, 0.4) is 0 Å². The minimum atomic E-state index is -0.923. The van der Waals surface area contributed by atoms with E-state index >= 15 is 0 Å². The Morgan fingerprint density at radius 2 is 1.81 bits per heavy atom. The molecule has 0 spiro atoms. The van der Waals surface area contributed by atoms with Crippen LogP contribution < -0.4 is 5.32 Å². The molecule has 0 saturated carbocycles. The predicted octanol–water partition coefficient (Wildman–Crippen LogP) is 2.92. The maximum absolute atomic E-state index is 10.5. The molecule has 2 aromatic carbocycles. The fourth-order valence-electron chi connectivity index (χ4n) is 3.39. The van der Waals surface area contributed by atoms with Crippen molar-refractivity contribution in [3.63, 3.8) is 0 Å². The van der Waals surface area contributed by atoms with Gasteiger partial charge in [-0.2, -0.15) is 0 Å². The van der Waals surface area contributed by atoms with Crippen molar-refractivity contribution in [3.8, 4) is 11.1 Å². The topological polar surface area (TPSA) is 61.8 Å². The van der Waals surface area contributed by atoms with Crippen molar-refractivity contribution in [2.45, 2.75) is 12.5 Å². The lowest BCUT2D eigenvalue weighted by Crippen LogP contribution is -2.53. The molecule has 1 saturated heterocycles. The maximum Gasteiger partial charge on any atom is 0.329 e. The number of hydrogen-bond acceptors (Lipinski definition) is 4. The van der Waals surface area contributed by atoms with Gasteiger partial charge in [0.2, 0.25) is 0 Å². The normalized spacial score (nSPS) is 17.7. The van der Waals surface area contributed by atoms with E-state index in [1.165, 1.54) is 11.1 Å². The first-order valence-corrected chi connectivity index (χ1v) is 9.59. The minimum absolute atomic E-state index is 0.233. The second kappa shape index (κ2) is 9.85. The lowest BCUT2D eigenvalue weighted by atomic mass is 9.99. The van der Waals surface area contributed by atoms with Gasteiger partial charge in [-0.3, -0.25) is 4.90 Å². The van der Waals surface area contributed by atoms with Crippen molar-refractivity contribution < 1.29 is 14.6 Å². The summed E-state index contributed by atoms with van der Waals surface area (Å²) >= 11 is 5.96. The van der Waals surface area contributed by atoms with Crippen LogP contribution in [0.4, 0.5) is 0 Å². The first kappa shape index (κ1) is 19.8. The van der Waals surface area contributed by atoms with Crippen LogP contribution in [0.15, 0.2) is 48.5 Å². The van der Waals surface area contributed by atoms with Crippen LogP contribution in [0, 0.1) is 0 Å². The second-order valence-corrected chi connectivity index (χ2v) is 7.18. The van der Waals surface area contributed by atoms with E-state index in [-0.39, 0.29) is 6.61 Å². The van der Waals surface area contributed by atoms with Crippen LogP contribution in [0.5, 0.6) is 0 Å². The van der Waals surface area contributed by atoms with Crippen molar-refractivity contribution in [1.29, 1.82) is 0 Å². The number of hydrogen-bond donors (Lipinski definition) is 2. The summed E-state index contributed by atoms with van der Waals surface area (Å²) in [7, 11) is 0. The fraction of sp³-hybridized carbons (Fsp3) is 0.381. The van der Waals surface area contributed by atoms with Crippen LogP contribution >= 0.6 is 11.6 Å². The predicted molar refractivity (Wildman–Crippen MR) is 107 cm³/mol. The van der Waals surface area contributed by atoms with Crippen LogP contribution in [-0.4, -0.2) is 61.4 Å². The van der Waals surface area contributed by atoms with Gasteiger partial charge in [0.25, 0.3) is 0 Å². The van der Waals surface area contributed by atoms with Crippen LogP contribution in [0.1, 0.15) is 5.56 Å². The summed E-state index contributed by atoms with van der Waals surface area (Å²) in [5.74, 6) is -0.923. The number of ether oxygens (including phenoxy) is 1. The largest absolute Gasteiger partial charge is 0.480 e. The lowest BCUT2D eigenvalue weighted by Gasteiger charge is -2.36. The molecule has 0 aromatic heterocycles. The lowest BCUT2D eigenvalue weighted by molar-refractivity contribution is -0.142. The first-order chi connectivity index (χ1) is 13.1. The number of nitrogens with zero attached hydrogens (tertiary/aromatic N) is 1. The zero-order valence-corrected chi connectivity index (χ0v) is 16.0. The third-order valence-corrected chi connectivity index (χ3v) is 5.08. The number of carboxylic acids is 1. The van der Waals surface area contributed by atoms with Crippen molar-refractivity contribution in [2.24, 2.45) is 0 Å². The Bertz CT molecular complexity index is 734. The molecule has 144 valence electrons. The van der Waals surface area contributed by atoms with Crippen LogP contribution in [0.2, 0.25) is 5.02 Å². The van der Waals surface area contributed by atoms with E-state index in [9.17, 15) is 4.79 Å². The molecule has 0 radical (unpaired) electrons. The van der Waals surface area contributed by atoms with Gasteiger partial charge in [-0.1, -0.05) is 48.0 Å². The summed E-state index contributed by atoms with van der Waals surface area (Å²) in [4.78, 5) is 12.9. The van der Waals surface area contributed by atoms with Gasteiger partial charge in [0, 0.05) is 37.2 Å². The Labute approximate surface area is 164 Å². The van der Waals surface area contributed by atoms with E-state index in [1.807, 2.05) is 24.3 Å². The van der Waals surface area contributed by atoms with Gasteiger partial charge in [0.05, 0.1) is 6.61 Å². The third-order valence-electron chi connectivity index (χ3n) is 4.82. The number of aliphatic carboxylic acids is 1. The smallest absolute Gasteiger partial charge is 0.329 e. The van der Waals surface area contributed by atoms with Gasteiger partial charge in [0.15, 0.2) is 0 Å². The zero-order valence-electron chi connectivity index (χ0n) is 15.2. The summed E-state index contributed by atoms with van der Waals surface area (Å²) in [6.07, 6.45) is 0.951. The monoisotopic (exact) mass is 388 g/mol. The SMILES string of the molecule is O=C(O)COCCN1CCNCC1Cc1ccc(-c2ccc(Cl)cc2)cc1. The molecule has 27 heavy (non-hydrogen) atoms. The highest BCUT2D eigenvalue weighted by Gasteiger charge is 2.22. The molecule has 1 heterocycles. The summed E-state index contributed by atoms with van der Waals surface area (Å²) in [5, 5.41) is 12.9. The average Bonchev–Trinajstić information content (AvgIpc) is 2.67. The fourth-order valence-corrected chi connectivity index (χ4v) is 3.51. The Balaban J connectivity index is 1.57. The summed E-state index contributed by atoms with van der Waals surface area (Å²) in [6, 6.07) is 16.9. The Hall–Kier alpha value is -1.92. The number of carboxylic acid groups (broad SMARTS) is 1. The molecule has 6 heteroatoms. The Morgan fingerprint density at radius 1 is 1.15 bits per heavy atom. The van der Waals surface area contributed by atoms with E-state index in [0.717, 1.165) is 43.2 Å². The first-order valence-electron chi connectivity index (χ1n) is 9.21. The number of carbonyl (C=O) groups is 1. The molecular weight excluding hydrogens is 364 g/mol. The molecule has 2 N–H and O–H groups in total. The van der Waals surface area contributed by atoms with Gasteiger partial charge in [-0.05, 0) is 35.2 Å². The number of benzene rings is 2. The number of halogens is 1. The zero-order chi connectivity index (χ0) is 19.1. The maximum atomic E-state index is 10.5. The quantitative estimate of drug-likeness (QED) is 0.681. The van der Waals surface area contributed by atoms with Crippen molar-refractivity contribution in [2.75, 3.05) is 39.4 Å². The minimum Gasteiger partial charge on any atom is -0.480 e. The van der Waals surface area contributed by atoms with E-state index in [1.54, 1.807) is 0 Å². The molecule has 0 aliphatic carbocycles. The molecule has 1 aliphatic rings. The Morgan fingerprint density at radius 3 is 2.48 bits per heavy atom. The van der Waals surface area contributed by atoms with Crippen LogP contribution in [-0.2, 0) is 16.0 Å². The average molecular weight is 389 g/mol. The van der Waals surface area contributed by atoms with Crippen molar-refractivity contribution in [3.05, 3.63) is 59.1 Å². The number of rotatable bonds is 8. The third kappa shape index (κ3) is 6.04. The number of piperazine rings is 1. The molecular formula is C21H25ClN2O3. The van der Waals surface area contributed by atoms with Gasteiger partial charge >= 0.3 is 5.97 Å². The van der Waals surface area contributed by atoms with Crippen molar-refractivity contribution in [1.82, 2.24) is 10.2 Å². The van der Waals surface area contributed by atoms with Crippen LogP contribution in [0.25, 0.3) is 11.1 Å². The van der Waals surface area contributed by atoms with E-state index in [4.69, 9.17) is 21.4 Å². The molecule has 1 atom stereocenters. The summed E-state index contributed by atoms with van der Waals surface area (Å²) in [5.41, 5.74) is 3.62. The molecule has 2 aromatic rings. The highest BCUT2D eigenvalue weighted by molar-refractivity contribution is 6.30. The van der Waals surface area contributed by atoms with Crippen molar-refractivity contribution >= 4 is 17.6 Å². The standard InChI is InChI=1S/C21H25ClN2O3/c22-19-7-5-18(6-8-19)17-3-1-16(2-4-17)13-20-14-23-9-10-24(20)11-12-27-15-21(25)26/h1-8,20,23H,9-15H2,(H,25,26). The molecule has 1 unspecified atom stereocenters. The van der Waals surface area contributed by atoms with Gasteiger partial charge in [0.1, 0.15) is 6.61 Å². The highest BCUT2D eigenvalue weighted by atomic mass is 35.5. The van der Waals surface area contributed by atoms with E-state index in [0.29, 0.717) is 12.6 Å². The molecule has 1 aliphatic heterocycles. The second-order valence-electron chi connectivity index (χ2n) is 6.75. The van der Waals surface area contributed by atoms with E-state index in [2.05, 4.69) is 34.5 Å². The van der Waals surface area contributed by atoms with Gasteiger partial charge in [-0.25, -0.2) is 4.79 Å².